The third-order valence-corrected chi connectivity index (χ3v) is 5.93. The molecule has 0 unspecified atom stereocenters. The van der Waals surface area contributed by atoms with Crippen molar-refractivity contribution in [2.24, 2.45) is 5.73 Å². The molecule has 112 valence electrons. The Morgan fingerprint density at radius 2 is 1.37 bits per heavy atom. The van der Waals surface area contributed by atoms with Crippen molar-refractivity contribution in [1.29, 1.82) is 0 Å². The van der Waals surface area contributed by atoms with E-state index >= 15 is 0 Å². The molecule has 8 heteroatoms. The van der Waals surface area contributed by atoms with E-state index in [9.17, 15) is 8.42 Å². The predicted octanol–water partition coefficient (Wildman–Crippen LogP) is -1.95. The second-order valence-electron chi connectivity index (χ2n) is 5.24. The molecule has 2 N–H and O–H groups in total. The lowest BCUT2D eigenvalue weighted by Gasteiger charge is -2.38. The Kier molecular flexibility index (Phi) is 5.15. The SMILES string of the molecule is CN1CCN(S(=O)(=O)N2CCN(CCN)CC2)CC1. The summed E-state index contributed by atoms with van der Waals surface area (Å²) in [5.41, 5.74) is 5.52. The molecule has 0 amide bonds. The van der Waals surface area contributed by atoms with E-state index in [0.717, 1.165) is 32.7 Å². The zero-order valence-corrected chi connectivity index (χ0v) is 12.5. The lowest BCUT2D eigenvalue weighted by molar-refractivity contribution is 0.172. The van der Waals surface area contributed by atoms with Crippen molar-refractivity contribution in [3.05, 3.63) is 0 Å². The van der Waals surface area contributed by atoms with Crippen LogP contribution in [0, 0.1) is 0 Å². The Hall–Kier alpha value is -0.250. The highest BCUT2D eigenvalue weighted by atomic mass is 32.2. The van der Waals surface area contributed by atoms with Gasteiger partial charge < -0.3 is 10.6 Å². The number of nitrogens with two attached hydrogens (primary N) is 1. The summed E-state index contributed by atoms with van der Waals surface area (Å²) >= 11 is 0. The van der Waals surface area contributed by atoms with Crippen LogP contribution in [0.2, 0.25) is 0 Å². The number of rotatable bonds is 4. The second kappa shape index (κ2) is 6.47. The van der Waals surface area contributed by atoms with Crippen LogP contribution < -0.4 is 5.73 Å². The van der Waals surface area contributed by atoms with E-state index in [0.29, 0.717) is 32.7 Å². The van der Waals surface area contributed by atoms with Gasteiger partial charge in [-0.25, -0.2) is 0 Å². The summed E-state index contributed by atoms with van der Waals surface area (Å²) in [5.74, 6) is 0. The first-order chi connectivity index (χ1) is 9.04. The smallest absolute Gasteiger partial charge is 0.282 e. The molecular weight excluding hydrogens is 266 g/mol. The highest BCUT2D eigenvalue weighted by molar-refractivity contribution is 7.86. The molecule has 2 heterocycles. The van der Waals surface area contributed by atoms with Crippen LogP contribution in [0.15, 0.2) is 0 Å². The van der Waals surface area contributed by atoms with Crippen molar-refractivity contribution >= 4 is 10.2 Å². The van der Waals surface area contributed by atoms with Crippen molar-refractivity contribution in [3.63, 3.8) is 0 Å². The predicted molar refractivity (Wildman–Crippen MR) is 75.1 cm³/mol. The van der Waals surface area contributed by atoms with Crippen molar-refractivity contribution in [2.45, 2.75) is 0 Å². The molecule has 2 fully saturated rings. The van der Waals surface area contributed by atoms with E-state index in [-0.39, 0.29) is 0 Å². The van der Waals surface area contributed by atoms with Crippen LogP contribution in [0.25, 0.3) is 0 Å². The van der Waals surface area contributed by atoms with E-state index in [1.165, 1.54) is 0 Å². The summed E-state index contributed by atoms with van der Waals surface area (Å²) in [5, 5.41) is 0. The van der Waals surface area contributed by atoms with E-state index in [4.69, 9.17) is 5.73 Å². The normalized spacial score (nSPS) is 25.8. The molecule has 0 aromatic carbocycles. The van der Waals surface area contributed by atoms with Crippen LogP contribution >= 0.6 is 0 Å². The molecule has 0 aromatic rings. The van der Waals surface area contributed by atoms with Crippen molar-refractivity contribution < 1.29 is 8.42 Å². The van der Waals surface area contributed by atoms with Gasteiger partial charge in [-0.1, -0.05) is 0 Å². The van der Waals surface area contributed by atoms with Crippen molar-refractivity contribution in [1.82, 2.24) is 18.4 Å². The highest BCUT2D eigenvalue weighted by Gasteiger charge is 2.33. The third-order valence-electron chi connectivity index (χ3n) is 3.89. The maximum Gasteiger partial charge on any atom is 0.282 e. The molecule has 19 heavy (non-hydrogen) atoms. The molecule has 2 aliphatic heterocycles. The molecule has 2 saturated heterocycles. The Morgan fingerprint density at radius 3 is 1.84 bits per heavy atom. The average Bonchev–Trinajstić information content (AvgIpc) is 2.40. The Bertz CT molecular complexity index is 373. The van der Waals surface area contributed by atoms with Gasteiger partial charge in [-0.2, -0.15) is 17.0 Å². The van der Waals surface area contributed by atoms with Crippen LogP contribution in [-0.2, 0) is 10.2 Å². The first kappa shape index (κ1) is 15.1. The molecule has 0 aromatic heterocycles. The fraction of sp³-hybridized carbons (Fsp3) is 1.00. The average molecular weight is 291 g/mol. The number of hydrogen-bond donors (Lipinski definition) is 1. The van der Waals surface area contributed by atoms with E-state index < -0.39 is 10.2 Å². The largest absolute Gasteiger partial charge is 0.329 e. The van der Waals surface area contributed by atoms with Crippen molar-refractivity contribution in [3.8, 4) is 0 Å². The van der Waals surface area contributed by atoms with Gasteiger partial charge in [0.15, 0.2) is 0 Å². The molecular formula is C11H25N5O2S. The number of hydrogen-bond acceptors (Lipinski definition) is 5. The topological polar surface area (TPSA) is 73.1 Å². The van der Waals surface area contributed by atoms with Crippen LogP contribution in [0.3, 0.4) is 0 Å². The standard InChI is InChI=1S/C11H25N5O2S/c1-13-4-8-15(9-5-13)19(17,18)16-10-6-14(3-2-12)7-11-16/h2-12H2,1H3. The minimum Gasteiger partial charge on any atom is -0.329 e. The second-order valence-corrected chi connectivity index (χ2v) is 7.17. The Morgan fingerprint density at radius 1 is 0.895 bits per heavy atom. The van der Waals surface area contributed by atoms with E-state index in [1.54, 1.807) is 8.61 Å². The van der Waals surface area contributed by atoms with Gasteiger partial charge in [0.2, 0.25) is 0 Å². The molecule has 0 spiro atoms. The van der Waals surface area contributed by atoms with Crippen LogP contribution in [0.1, 0.15) is 0 Å². The highest BCUT2D eigenvalue weighted by Crippen LogP contribution is 2.14. The number of piperazine rings is 2. The summed E-state index contributed by atoms with van der Waals surface area (Å²) < 4.78 is 28.2. The Labute approximate surface area is 116 Å². The molecule has 2 aliphatic rings. The maximum absolute atomic E-state index is 12.5. The van der Waals surface area contributed by atoms with Gasteiger partial charge in [0.05, 0.1) is 0 Å². The summed E-state index contributed by atoms with van der Waals surface area (Å²) in [7, 11) is -1.24. The van der Waals surface area contributed by atoms with E-state index in [1.807, 2.05) is 7.05 Å². The van der Waals surface area contributed by atoms with Gasteiger partial charge in [0, 0.05) is 65.4 Å². The minimum atomic E-state index is -3.26. The van der Waals surface area contributed by atoms with Crippen molar-refractivity contribution in [2.75, 3.05) is 72.5 Å². The van der Waals surface area contributed by atoms with Gasteiger partial charge in [-0.3, -0.25) is 4.90 Å². The molecule has 0 bridgehead atoms. The molecule has 0 radical (unpaired) electrons. The van der Waals surface area contributed by atoms with Crippen LogP contribution in [0.5, 0.6) is 0 Å². The molecule has 2 rings (SSSR count). The minimum absolute atomic E-state index is 0.578. The summed E-state index contributed by atoms with van der Waals surface area (Å²) in [4.78, 5) is 4.38. The summed E-state index contributed by atoms with van der Waals surface area (Å²) in [6, 6.07) is 0. The van der Waals surface area contributed by atoms with Gasteiger partial charge in [0.25, 0.3) is 10.2 Å². The van der Waals surface area contributed by atoms with E-state index in [2.05, 4.69) is 9.80 Å². The lowest BCUT2D eigenvalue weighted by atomic mass is 10.3. The molecule has 0 saturated carbocycles. The monoisotopic (exact) mass is 291 g/mol. The van der Waals surface area contributed by atoms with Crippen LogP contribution in [0.4, 0.5) is 0 Å². The molecule has 0 atom stereocenters. The van der Waals surface area contributed by atoms with Gasteiger partial charge in [-0.05, 0) is 7.05 Å². The van der Waals surface area contributed by atoms with Gasteiger partial charge in [-0.15, -0.1) is 0 Å². The van der Waals surface area contributed by atoms with Crippen LogP contribution in [-0.4, -0.2) is 99.3 Å². The zero-order chi connectivity index (χ0) is 13.9. The molecule has 7 nitrogen and oxygen atoms in total. The Balaban J connectivity index is 1.90. The quantitative estimate of drug-likeness (QED) is 0.652. The summed E-state index contributed by atoms with van der Waals surface area (Å²) in [6.07, 6.45) is 0. The number of likely N-dealkylation sites (N-methyl/N-ethyl adjacent to an activating group) is 1. The zero-order valence-electron chi connectivity index (χ0n) is 11.7. The fourth-order valence-corrected chi connectivity index (χ4v) is 4.12. The first-order valence-electron chi connectivity index (χ1n) is 6.90. The third kappa shape index (κ3) is 3.65. The maximum atomic E-state index is 12.5. The first-order valence-corrected chi connectivity index (χ1v) is 8.30. The molecule has 0 aliphatic carbocycles. The van der Waals surface area contributed by atoms with Gasteiger partial charge >= 0.3 is 0 Å². The fourth-order valence-electron chi connectivity index (χ4n) is 2.55. The van der Waals surface area contributed by atoms with Gasteiger partial charge in [0.1, 0.15) is 0 Å². The number of nitrogens with zero attached hydrogens (tertiary/aromatic N) is 4. The lowest BCUT2D eigenvalue weighted by Crippen LogP contribution is -2.56. The summed E-state index contributed by atoms with van der Waals surface area (Å²) in [6.45, 7) is 7.02.